The monoisotopic (exact) mass is 241 g/mol. The molecule has 5 nitrogen and oxygen atoms in total. The second-order valence-corrected chi connectivity index (χ2v) is 4.95. The Hall–Kier alpha value is -1.52. The number of likely N-dealkylation sites (tertiary alicyclic amines) is 1. The highest BCUT2D eigenvalue weighted by atomic mass is 16.6. The lowest BCUT2D eigenvalue weighted by Crippen LogP contribution is -2.40. The Morgan fingerprint density at radius 3 is 2.59 bits per heavy atom. The average Bonchev–Trinajstić information content (AvgIpc) is 2.59. The Labute approximate surface area is 101 Å². The third-order valence-electron chi connectivity index (χ3n) is 2.41. The molecule has 0 spiro atoms. The smallest absolute Gasteiger partial charge is 0.413 e. The van der Waals surface area contributed by atoms with Gasteiger partial charge in [0.1, 0.15) is 5.60 Å². The Bertz CT molecular complexity index is 330. The van der Waals surface area contributed by atoms with Crippen LogP contribution in [-0.2, 0) is 14.3 Å². The summed E-state index contributed by atoms with van der Waals surface area (Å²) >= 11 is 0. The molecular formula is C12H19NO4. The van der Waals surface area contributed by atoms with Crippen LogP contribution in [0, 0.1) is 0 Å². The standard InChI is InChI=1S/C12H19NO4/c1-5-9-6-10(16-8-14)13(7-9)11(15)17-12(2,3)4/h5,8,10H,6-7H2,1-4H3/b9-5+/t10-/m1/s1. The second-order valence-electron chi connectivity index (χ2n) is 4.95. The lowest BCUT2D eigenvalue weighted by molar-refractivity contribution is -0.139. The highest BCUT2D eigenvalue weighted by molar-refractivity contribution is 5.69. The third-order valence-corrected chi connectivity index (χ3v) is 2.41. The molecule has 0 radical (unpaired) electrons. The highest BCUT2D eigenvalue weighted by Crippen LogP contribution is 2.25. The Balaban J connectivity index is 2.73. The van der Waals surface area contributed by atoms with E-state index >= 15 is 0 Å². The summed E-state index contributed by atoms with van der Waals surface area (Å²) in [5.74, 6) is 0. The van der Waals surface area contributed by atoms with Crippen molar-refractivity contribution in [3.8, 4) is 0 Å². The van der Waals surface area contributed by atoms with Crippen molar-refractivity contribution in [2.75, 3.05) is 6.54 Å². The van der Waals surface area contributed by atoms with Gasteiger partial charge in [-0.15, -0.1) is 0 Å². The predicted octanol–water partition coefficient (Wildman–Crippen LogP) is 2.07. The van der Waals surface area contributed by atoms with Gasteiger partial charge in [0, 0.05) is 13.0 Å². The van der Waals surface area contributed by atoms with Crippen molar-refractivity contribution in [3.63, 3.8) is 0 Å². The zero-order valence-corrected chi connectivity index (χ0v) is 10.7. The molecule has 1 aliphatic rings. The highest BCUT2D eigenvalue weighted by Gasteiger charge is 2.35. The molecule has 0 aliphatic carbocycles. The van der Waals surface area contributed by atoms with E-state index in [4.69, 9.17) is 9.47 Å². The van der Waals surface area contributed by atoms with Crippen LogP contribution in [0.4, 0.5) is 4.79 Å². The molecule has 1 rings (SSSR count). The quantitative estimate of drug-likeness (QED) is 0.548. The fraction of sp³-hybridized carbons (Fsp3) is 0.667. The maximum absolute atomic E-state index is 11.9. The van der Waals surface area contributed by atoms with E-state index in [-0.39, 0.29) is 0 Å². The van der Waals surface area contributed by atoms with Gasteiger partial charge in [0.05, 0.1) is 0 Å². The predicted molar refractivity (Wildman–Crippen MR) is 62.3 cm³/mol. The molecule has 0 saturated carbocycles. The van der Waals surface area contributed by atoms with E-state index in [2.05, 4.69) is 0 Å². The van der Waals surface area contributed by atoms with Gasteiger partial charge in [-0.3, -0.25) is 9.69 Å². The van der Waals surface area contributed by atoms with Crippen LogP contribution in [-0.4, -0.2) is 35.8 Å². The number of ether oxygens (including phenoxy) is 2. The van der Waals surface area contributed by atoms with Crippen LogP contribution in [0.15, 0.2) is 11.6 Å². The van der Waals surface area contributed by atoms with Crippen LogP contribution in [0.2, 0.25) is 0 Å². The van der Waals surface area contributed by atoms with E-state index < -0.39 is 17.9 Å². The Kier molecular flexibility index (Phi) is 4.15. The third kappa shape index (κ3) is 3.76. The second kappa shape index (κ2) is 5.21. The number of carbonyl (C=O) groups excluding carboxylic acids is 2. The largest absolute Gasteiger partial charge is 0.444 e. The van der Waals surface area contributed by atoms with E-state index in [0.29, 0.717) is 19.4 Å². The Morgan fingerprint density at radius 1 is 1.47 bits per heavy atom. The van der Waals surface area contributed by atoms with Gasteiger partial charge in [-0.2, -0.15) is 0 Å². The molecule has 17 heavy (non-hydrogen) atoms. The number of amides is 1. The molecule has 1 saturated heterocycles. The summed E-state index contributed by atoms with van der Waals surface area (Å²) in [6.07, 6.45) is 1.47. The first kappa shape index (κ1) is 13.5. The number of hydrogen-bond donors (Lipinski definition) is 0. The minimum absolute atomic E-state index is 0.362. The van der Waals surface area contributed by atoms with Crippen LogP contribution >= 0.6 is 0 Å². The van der Waals surface area contributed by atoms with Crippen LogP contribution in [0.3, 0.4) is 0 Å². The van der Waals surface area contributed by atoms with Crippen LogP contribution in [0.1, 0.15) is 34.1 Å². The van der Waals surface area contributed by atoms with Gasteiger partial charge < -0.3 is 9.47 Å². The summed E-state index contributed by atoms with van der Waals surface area (Å²) in [6.45, 7) is 8.10. The molecular weight excluding hydrogens is 222 g/mol. The summed E-state index contributed by atoms with van der Waals surface area (Å²) in [4.78, 5) is 23.7. The maximum Gasteiger partial charge on any atom is 0.413 e. The van der Waals surface area contributed by atoms with Crippen molar-refractivity contribution in [2.24, 2.45) is 0 Å². The van der Waals surface area contributed by atoms with Gasteiger partial charge in [-0.1, -0.05) is 6.08 Å². The number of carbonyl (C=O) groups is 2. The lowest BCUT2D eigenvalue weighted by atomic mass is 10.2. The molecule has 0 N–H and O–H groups in total. The summed E-state index contributed by atoms with van der Waals surface area (Å²) in [5, 5.41) is 0. The minimum Gasteiger partial charge on any atom is -0.444 e. The lowest BCUT2D eigenvalue weighted by Gasteiger charge is -2.27. The maximum atomic E-state index is 11.9. The normalized spacial score (nSPS) is 22.7. The summed E-state index contributed by atoms with van der Waals surface area (Å²) in [5.41, 5.74) is 0.504. The summed E-state index contributed by atoms with van der Waals surface area (Å²) < 4.78 is 10.1. The van der Waals surface area contributed by atoms with Gasteiger partial charge in [0.15, 0.2) is 6.23 Å². The molecule has 0 aromatic heterocycles. The molecule has 0 aromatic rings. The molecule has 1 aliphatic heterocycles. The SMILES string of the molecule is C/C=C1\C[C@@H](OC=O)N(C(=O)OC(C)(C)C)C1. The fourth-order valence-electron chi connectivity index (χ4n) is 1.62. The molecule has 1 amide bonds. The number of allylic oxidation sites excluding steroid dienone is 1. The van der Waals surface area contributed by atoms with E-state index in [9.17, 15) is 9.59 Å². The van der Waals surface area contributed by atoms with Crippen LogP contribution in [0.5, 0.6) is 0 Å². The van der Waals surface area contributed by atoms with Crippen molar-refractivity contribution in [1.29, 1.82) is 0 Å². The molecule has 1 fully saturated rings. The van der Waals surface area contributed by atoms with Gasteiger partial charge in [0.25, 0.3) is 6.47 Å². The first-order valence-electron chi connectivity index (χ1n) is 5.60. The van der Waals surface area contributed by atoms with E-state index in [0.717, 1.165) is 5.57 Å². The molecule has 0 unspecified atom stereocenters. The molecule has 96 valence electrons. The van der Waals surface area contributed by atoms with Crippen molar-refractivity contribution in [1.82, 2.24) is 4.90 Å². The van der Waals surface area contributed by atoms with Crippen LogP contribution in [0.25, 0.3) is 0 Å². The number of rotatable bonds is 2. The first-order valence-corrected chi connectivity index (χ1v) is 5.60. The van der Waals surface area contributed by atoms with Crippen molar-refractivity contribution >= 4 is 12.6 Å². The van der Waals surface area contributed by atoms with Crippen molar-refractivity contribution in [2.45, 2.75) is 45.9 Å². The summed E-state index contributed by atoms with van der Waals surface area (Å²) in [7, 11) is 0. The van der Waals surface area contributed by atoms with Crippen LogP contribution < -0.4 is 0 Å². The topological polar surface area (TPSA) is 55.8 Å². The van der Waals surface area contributed by atoms with Gasteiger partial charge in [-0.05, 0) is 33.3 Å². The zero-order valence-electron chi connectivity index (χ0n) is 10.7. The van der Waals surface area contributed by atoms with Gasteiger partial charge in [-0.25, -0.2) is 4.79 Å². The number of nitrogens with zero attached hydrogens (tertiary/aromatic N) is 1. The molecule has 5 heteroatoms. The Morgan fingerprint density at radius 2 is 2.12 bits per heavy atom. The average molecular weight is 241 g/mol. The van der Waals surface area contributed by atoms with E-state index in [1.165, 1.54) is 4.90 Å². The van der Waals surface area contributed by atoms with Gasteiger partial charge >= 0.3 is 6.09 Å². The van der Waals surface area contributed by atoms with Gasteiger partial charge in [0.2, 0.25) is 0 Å². The molecule has 1 atom stereocenters. The number of hydrogen-bond acceptors (Lipinski definition) is 4. The first-order chi connectivity index (χ1) is 7.87. The van der Waals surface area contributed by atoms with Crippen molar-refractivity contribution in [3.05, 3.63) is 11.6 Å². The summed E-state index contributed by atoms with van der Waals surface area (Å²) in [6, 6.07) is 0. The molecule has 1 heterocycles. The van der Waals surface area contributed by atoms with E-state index in [1.807, 2.05) is 13.0 Å². The fourth-order valence-corrected chi connectivity index (χ4v) is 1.62. The molecule has 0 aromatic carbocycles. The zero-order chi connectivity index (χ0) is 13.1. The molecule has 0 bridgehead atoms. The van der Waals surface area contributed by atoms with Crippen molar-refractivity contribution < 1.29 is 19.1 Å². The van der Waals surface area contributed by atoms with E-state index in [1.54, 1.807) is 20.8 Å². The minimum atomic E-state index is -0.554.